The third kappa shape index (κ3) is 2.58. The van der Waals surface area contributed by atoms with Gasteiger partial charge in [-0.2, -0.15) is 0 Å². The SMILES string of the molecule is COc1ccc(Cl)cc1NC(=O)CCN1C(=O)[C@@H]2[C@H]3C=C[C@@H]([C@@H]4C[C@H]34)[C@@H]2C1=O. The van der Waals surface area contributed by atoms with Gasteiger partial charge in [0, 0.05) is 18.0 Å². The summed E-state index contributed by atoms with van der Waals surface area (Å²) in [6.45, 7) is 0.105. The number of likely N-dealkylation sites (tertiary alicyclic amines) is 1. The van der Waals surface area contributed by atoms with Crippen molar-refractivity contribution in [1.82, 2.24) is 4.90 Å². The predicted molar refractivity (Wildman–Crippen MR) is 103 cm³/mol. The average molecular weight is 401 g/mol. The van der Waals surface area contributed by atoms with Crippen molar-refractivity contribution in [3.05, 3.63) is 35.4 Å². The van der Waals surface area contributed by atoms with Gasteiger partial charge in [-0.1, -0.05) is 23.8 Å². The monoisotopic (exact) mass is 400 g/mol. The summed E-state index contributed by atoms with van der Waals surface area (Å²) in [5, 5.41) is 3.23. The third-order valence-corrected chi connectivity index (χ3v) is 6.99. The van der Waals surface area contributed by atoms with E-state index in [1.165, 1.54) is 12.0 Å². The van der Waals surface area contributed by atoms with Crippen LogP contribution in [0.25, 0.3) is 0 Å². The van der Waals surface area contributed by atoms with Gasteiger partial charge in [-0.3, -0.25) is 19.3 Å². The van der Waals surface area contributed by atoms with Gasteiger partial charge in [-0.25, -0.2) is 0 Å². The highest BCUT2D eigenvalue weighted by atomic mass is 35.5. The summed E-state index contributed by atoms with van der Waals surface area (Å²) in [4.78, 5) is 39.6. The van der Waals surface area contributed by atoms with Gasteiger partial charge < -0.3 is 10.1 Å². The molecule has 146 valence electrons. The molecule has 5 aliphatic rings. The molecular formula is C21H21ClN2O4. The molecule has 1 aromatic carbocycles. The van der Waals surface area contributed by atoms with Crippen molar-refractivity contribution in [2.24, 2.45) is 35.5 Å². The van der Waals surface area contributed by atoms with Gasteiger partial charge in [0.2, 0.25) is 17.7 Å². The number of methoxy groups -OCH3 is 1. The van der Waals surface area contributed by atoms with E-state index in [0.29, 0.717) is 28.3 Å². The van der Waals surface area contributed by atoms with Gasteiger partial charge in [0.1, 0.15) is 5.75 Å². The lowest BCUT2D eigenvalue weighted by Crippen LogP contribution is -2.40. The van der Waals surface area contributed by atoms with Crippen LogP contribution < -0.4 is 10.1 Å². The maximum Gasteiger partial charge on any atom is 0.233 e. The Morgan fingerprint density at radius 3 is 2.43 bits per heavy atom. The highest BCUT2D eigenvalue weighted by molar-refractivity contribution is 6.31. The maximum atomic E-state index is 12.9. The lowest BCUT2D eigenvalue weighted by molar-refractivity contribution is -0.140. The molecule has 6 nitrogen and oxygen atoms in total. The number of nitrogens with zero attached hydrogens (tertiary/aromatic N) is 1. The molecule has 7 heteroatoms. The topological polar surface area (TPSA) is 75.7 Å². The van der Waals surface area contributed by atoms with Crippen LogP contribution in [0, 0.1) is 35.5 Å². The van der Waals surface area contributed by atoms with Crippen molar-refractivity contribution in [2.75, 3.05) is 19.0 Å². The maximum absolute atomic E-state index is 12.9. The summed E-state index contributed by atoms with van der Waals surface area (Å²) >= 11 is 5.98. The van der Waals surface area contributed by atoms with Crippen molar-refractivity contribution < 1.29 is 19.1 Å². The van der Waals surface area contributed by atoms with Crippen LogP contribution in [0.2, 0.25) is 5.02 Å². The molecule has 0 radical (unpaired) electrons. The fraction of sp³-hybridized carbons (Fsp3) is 0.476. The number of amides is 3. The van der Waals surface area contributed by atoms with Gasteiger partial charge in [-0.05, 0) is 48.3 Å². The molecular weight excluding hydrogens is 380 g/mol. The first-order valence-electron chi connectivity index (χ1n) is 9.66. The summed E-state index contributed by atoms with van der Waals surface area (Å²) in [5.41, 5.74) is 0.468. The number of rotatable bonds is 5. The minimum atomic E-state index is -0.292. The van der Waals surface area contributed by atoms with E-state index in [2.05, 4.69) is 17.5 Å². The van der Waals surface area contributed by atoms with E-state index in [9.17, 15) is 14.4 Å². The van der Waals surface area contributed by atoms with E-state index in [1.807, 2.05) is 0 Å². The lowest BCUT2D eigenvalue weighted by Gasteiger charge is -2.37. The predicted octanol–water partition coefficient (Wildman–Crippen LogP) is 2.73. The lowest BCUT2D eigenvalue weighted by atomic mass is 9.63. The van der Waals surface area contributed by atoms with Crippen LogP contribution in [0.5, 0.6) is 5.75 Å². The first-order valence-corrected chi connectivity index (χ1v) is 10.0. The number of allylic oxidation sites excluding steroid dienone is 2. The second kappa shape index (κ2) is 6.34. The second-order valence-electron chi connectivity index (χ2n) is 8.13. The van der Waals surface area contributed by atoms with Crippen LogP contribution in [-0.2, 0) is 14.4 Å². The smallest absolute Gasteiger partial charge is 0.233 e. The minimum Gasteiger partial charge on any atom is -0.495 e. The molecule has 3 fully saturated rings. The molecule has 0 unspecified atom stereocenters. The number of carbonyl (C=O) groups excluding carboxylic acids is 3. The molecule has 1 aliphatic heterocycles. The van der Waals surface area contributed by atoms with Crippen LogP contribution in [0.15, 0.2) is 30.4 Å². The van der Waals surface area contributed by atoms with E-state index in [0.717, 1.165) is 6.42 Å². The number of anilines is 1. The van der Waals surface area contributed by atoms with E-state index in [4.69, 9.17) is 16.3 Å². The number of hydrogen-bond donors (Lipinski definition) is 1. The second-order valence-corrected chi connectivity index (χ2v) is 8.56. The zero-order valence-corrected chi connectivity index (χ0v) is 16.2. The summed E-state index contributed by atoms with van der Waals surface area (Å²) in [7, 11) is 1.51. The molecule has 0 spiro atoms. The van der Waals surface area contributed by atoms with E-state index in [-0.39, 0.29) is 54.4 Å². The summed E-state index contributed by atoms with van der Waals surface area (Å²) < 4.78 is 5.22. The molecule has 2 saturated carbocycles. The Morgan fingerprint density at radius 1 is 1.18 bits per heavy atom. The van der Waals surface area contributed by atoms with Gasteiger partial charge in [0.15, 0.2) is 0 Å². The van der Waals surface area contributed by atoms with Gasteiger partial charge in [-0.15, -0.1) is 0 Å². The molecule has 6 rings (SSSR count). The summed E-state index contributed by atoms with van der Waals surface area (Å²) in [5.74, 6) is 1.11. The molecule has 1 heterocycles. The Bertz CT molecular complexity index is 878. The van der Waals surface area contributed by atoms with Crippen LogP contribution in [0.1, 0.15) is 12.8 Å². The van der Waals surface area contributed by atoms with E-state index < -0.39 is 0 Å². The molecule has 6 atom stereocenters. The molecule has 1 N–H and O–H groups in total. The minimum absolute atomic E-state index is 0.0439. The normalized spacial score (nSPS) is 34.3. The number of carbonyl (C=O) groups is 3. The van der Waals surface area contributed by atoms with Crippen molar-refractivity contribution in [3.8, 4) is 5.75 Å². The largest absolute Gasteiger partial charge is 0.495 e. The quantitative estimate of drug-likeness (QED) is 0.609. The summed E-state index contributed by atoms with van der Waals surface area (Å²) in [6, 6.07) is 4.95. The Morgan fingerprint density at radius 2 is 1.82 bits per heavy atom. The number of halogens is 1. The van der Waals surface area contributed by atoms with Crippen LogP contribution in [-0.4, -0.2) is 36.3 Å². The highest BCUT2D eigenvalue weighted by Crippen LogP contribution is 2.65. The Hall–Kier alpha value is -2.34. The van der Waals surface area contributed by atoms with Gasteiger partial charge in [0.05, 0.1) is 24.6 Å². The number of imide groups is 1. The zero-order chi connectivity index (χ0) is 19.6. The third-order valence-electron chi connectivity index (χ3n) is 6.75. The molecule has 4 aliphatic carbocycles. The van der Waals surface area contributed by atoms with Crippen LogP contribution in [0.4, 0.5) is 5.69 Å². The molecule has 0 aromatic heterocycles. The fourth-order valence-corrected chi connectivity index (χ4v) is 5.62. The van der Waals surface area contributed by atoms with Crippen molar-refractivity contribution >= 4 is 35.0 Å². The Kier molecular flexibility index (Phi) is 4.02. The fourth-order valence-electron chi connectivity index (χ4n) is 5.44. The number of nitrogens with one attached hydrogen (secondary N) is 1. The first kappa shape index (κ1) is 17.7. The van der Waals surface area contributed by atoms with E-state index >= 15 is 0 Å². The average Bonchev–Trinajstić information content (AvgIpc) is 3.46. The number of ether oxygens (including phenoxy) is 1. The summed E-state index contributed by atoms with van der Waals surface area (Å²) in [6.07, 6.45) is 5.47. The van der Waals surface area contributed by atoms with Crippen LogP contribution in [0.3, 0.4) is 0 Å². The van der Waals surface area contributed by atoms with Gasteiger partial charge >= 0.3 is 0 Å². The van der Waals surface area contributed by atoms with Crippen molar-refractivity contribution in [2.45, 2.75) is 12.8 Å². The van der Waals surface area contributed by atoms with Crippen molar-refractivity contribution in [1.29, 1.82) is 0 Å². The molecule has 3 amide bonds. The van der Waals surface area contributed by atoms with Gasteiger partial charge in [0.25, 0.3) is 0 Å². The van der Waals surface area contributed by atoms with Crippen LogP contribution >= 0.6 is 11.6 Å². The highest BCUT2D eigenvalue weighted by Gasteiger charge is 2.66. The Labute approximate surface area is 167 Å². The number of benzene rings is 1. The van der Waals surface area contributed by atoms with E-state index in [1.54, 1.807) is 18.2 Å². The molecule has 28 heavy (non-hydrogen) atoms. The standard InChI is InChI=1S/C21H21ClN2O4/c1-28-16-5-2-10(22)8-15(16)23-17(25)6-7-24-20(26)18-11-3-4-12(14-9-13(11)14)19(18)21(24)27/h2-5,8,11-14,18-19H,6-7,9H2,1H3,(H,23,25)/t11-,12-,13-,14+,18-,19+/m0/s1. The van der Waals surface area contributed by atoms with Crippen molar-refractivity contribution in [3.63, 3.8) is 0 Å². The molecule has 1 saturated heterocycles. The Balaban J connectivity index is 1.25. The zero-order valence-electron chi connectivity index (χ0n) is 15.4. The number of hydrogen-bond acceptors (Lipinski definition) is 4. The molecule has 1 aromatic rings. The first-order chi connectivity index (χ1) is 13.5. The molecule has 2 bridgehead atoms.